The van der Waals surface area contributed by atoms with Crippen LogP contribution in [0.25, 0.3) is 16.4 Å². The van der Waals surface area contributed by atoms with E-state index in [0.717, 1.165) is 55.1 Å². The average Bonchev–Trinajstić information content (AvgIpc) is 4.11. The summed E-state index contributed by atoms with van der Waals surface area (Å²) in [4.78, 5) is 71.4. The largest absolute Gasteiger partial charge is 0.482 e. The number of aliphatic imine (C=N–C) groups is 1. The van der Waals surface area contributed by atoms with Crippen LogP contribution in [-0.4, -0.2) is 112 Å². The lowest BCUT2D eigenvalue weighted by Gasteiger charge is -2.35. The number of halogens is 1. The number of aliphatic hydroxyl groups is 1. The minimum atomic E-state index is -1.03. The van der Waals surface area contributed by atoms with Gasteiger partial charge in [0, 0.05) is 83.9 Å². The number of nitrogens with zero attached hydrogens (tertiary/aromatic N) is 8. The van der Waals surface area contributed by atoms with E-state index in [4.69, 9.17) is 26.1 Å². The predicted molar refractivity (Wildman–Crippen MR) is 276 cm³/mol. The Morgan fingerprint density at radius 2 is 1.64 bits per heavy atom. The van der Waals surface area contributed by atoms with E-state index in [2.05, 4.69) is 50.0 Å². The number of aryl methyl sites for hydroxylation is 3. The molecule has 5 atom stereocenters. The molecule has 0 spiro atoms. The molecule has 1 saturated carbocycles. The fourth-order valence-electron chi connectivity index (χ4n) is 9.50. The highest BCUT2D eigenvalue weighted by Crippen LogP contribution is 2.40. The van der Waals surface area contributed by atoms with Gasteiger partial charge in [-0.2, -0.15) is 0 Å². The number of β-amino-alcohol motifs (C(OH)–C–C–N with tert-alkyl or cyclic N) is 1. The summed E-state index contributed by atoms with van der Waals surface area (Å²) < 4.78 is 15.8. The number of imidazole rings is 1. The van der Waals surface area contributed by atoms with Crippen molar-refractivity contribution in [3.63, 3.8) is 0 Å². The summed E-state index contributed by atoms with van der Waals surface area (Å²) in [6.07, 6.45) is 5.26. The van der Waals surface area contributed by atoms with Crippen molar-refractivity contribution >= 4 is 52.3 Å². The number of carbonyl (C=O) groups is 4. The SMILES string of the molecule is Cc1sc2c(c1C)C(c1ccc(Cl)cc1)=N[C@@H](CC(=O)NC1CC(Oc3ccc(OCC(=O)N[C@H](C(=O)N4C[C@H](O)C[C@H]4C(=O)N[C@@H](C)c4ccc(-c5nccn5C)cc4)C(C)(C)C)cn3)C1)c1nnc(C)n1-2. The van der Waals surface area contributed by atoms with Crippen molar-refractivity contribution in [1.82, 2.24) is 50.1 Å². The fourth-order valence-corrected chi connectivity index (χ4v) is 10.8. The van der Waals surface area contributed by atoms with Crippen LogP contribution in [0.4, 0.5) is 0 Å². The number of benzene rings is 2. The molecule has 0 unspecified atom stereocenters. The first-order valence-electron chi connectivity index (χ1n) is 24.4. The molecule has 2 aromatic carbocycles. The number of nitrogens with one attached hydrogen (secondary N) is 3. The summed E-state index contributed by atoms with van der Waals surface area (Å²) in [6.45, 7) is 12.9. The van der Waals surface area contributed by atoms with Crippen molar-refractivity contribution in [1.29, 1.82) is 0 Å². The van der Waals surface area contributed by atoms with Crippen LogP contribution >= 0.6 is 22.9 Å². The lowest BCUT2D eigenvalue weighted by molar-refractivity contribution is -0.144. The van der Waals surface area contributed by atoms with Crippen molar-refractivity contribution in [3.8, 4) is 28.0 Å². The van der Waals surface area contributed by atoms with Crippen molar-refractivity contribution in [2.24, 2.45) is 17.5 Å². The number of hydrogen-bond donors (Lipinski definition) is 4. The fraction of sp³-hybridized carbons (Fsp3) is 0.415. The van der Waals surface area contributed by atoms with Crippen LogP contribution in [0.1, 0.15) is 104 Å². The molecular formula is C53H60ClN11O7S. The molecule has 1 aliphatic carbocycles. The number of aromatic nitrogens is 6. The minimum absolute atomic E-state index is 0.0516. The highest BCUT2D eigenvalue weighted by Gasteiger charge is 2.45. The number of rotatable bonds is 15. The third-order valence-corrected chi connectivity index (χ3v) is 15.1. The summed E-state index contributed by atoms with van der Waals surface area (Å²) >= 11 is 7.92. The summed E-state index contributed by atoms with van der Waals surface area (Å²) in [5.41, 5.74) is 4.84. The Labute approximate surface area is 432 Å². The maximum atomic E-state index is 14.2. The highest BCUT2D eigenvalue weighted by atomic mass is 35.5. The number of hydrogen-bond acceptors (Lipinski definition) is 13. The van der Waals surface area contributed by atoms with Gasteiger partial charge in [0.2, 0.25) is 23.6 Å². The van der Waals surface area contributed by atoms with E-state index >= 15 is 0 Å². The van der Waals surface area contributed by atoms with Gasteiger partial charge in [0.25, 0.3) is 5.91 Å². The lowest BCUT2D eigenvalue weighted by atomic mass is 9.85. The highest BCUT2D eigenvalue weighted by molar-refractivity contribution is 7.15. The summed E-state index contributed by atoms with van der Waals surface area (Å²) in [5, 5.41) is 30.2. The smallest absolute Gasteiger partial charge is 0.258 e. The quantitative estimate of drug-likeness (QED) is 0.0875. The molecule has 4 amide bonds. The number of fused-ring (bicyclic) bond motifs is 3. The number of carbonyl (C=O) groups excluding carboxylic acids is 4. The van der Waals surface area contributed by atoms with Crippen LogP contribution in [0, 0.1) is 26.2 Å². The second kappa shape index (κ2) is 20.9. The van der Waals surface area contributed by atoms with E-state index in [1.165, 1.54) is 11.1 Å². The van der Waals surface area contributed by atoms with E-state index in [-0.39, 0.29) is 43.5 Å². The van der Waals surface area contributed by atoms with Crippen LogP contribution in [0.15, 0.2) is 84.2 Å². The topological polar surface area (TPSA) is 220 Å². The summed E-state index contributed by atoms with van der Waals surface area (Å²) in [6, 6.07) is 15.5. The van der Waals surface area contributed by atoms with Gasteiger partial charge in [-0.25, -0.2) is 9.97 Å². The molecule has 73 heavy (non-hydrogen) atoms. The number of amides is 4. The normalized spacial score (nSPS) is 20.1. The Balaban J connectivity index is 0.750. The molecule has 6 heterocycles. The molecule has 4 N–H and O–H groups in total. The molecule has 1 saturated heterocycles. The lowest BCUT2D eigenvalue weighted by Crippen LogP contribution is -2.58. The first-order chi connectivity index (χ1) is 34.8. The van der Waals surface area contributed by atoms with Crippen LogP contribution in [-0.2, 0) is 26.2 Å². The van der Waals surface area contributed by atoms with E-state index in [9.17, 15) is 24.3 Å². The second-order valence-corrected chi connectivity index (χ2v) is 21.8. The van der Waals surface area contributed by atoms with Crippen molar-refractivity contribution in [2.45, 2.75) is 117 Å². The molecule has 382 valence electrons. The predicted octanol–water partition coefficient (Wildman–Crippen LogP) is 6.46. The second-order valence-electron chi connectivity index (χ2n) is 20.2. The first kappa shape index (κ1) is 51.0. The maximum Gasteiger partial charge on any atom is 0.258 e. The maximum absolute atomic E-state index is 14.2. The molecule has 0 radical (unpaired) electrons. The standard InChI is InChI=1S/C53H60ClN11O7S/c1-28-30(3)73-52-45(28)46(33-13-15-35(54)16-14-33)59-40(49-62-61-31(4)65(49)52)24-42(67)58-36-21-39(22-36)72-44-18-17-38(25-56-44)71-27-43(68)60-47(53(5,6)7)51(70)64-26-37(66)23-41(64)50(69)57-29(2)32-9-11-34(12-10-32)48-55-19-20-63(48)8/h9-20,25,29,36-37,39-41,47,66H,21-24,26-27H2,1-8H3,(H,57,69)(H,58,67)(H,60,68)/t29-,36?,37+,39?,40-,41-,47+/m0/s1. The Morgan fingerprint density at radius 3 is 2.32 bits per heavy atom. The number of aliphatic hydroxyl groups excluding tert-OH is 1. The van der Waals surface area contributed by atoms with Gasteiger partial charge >= 0.3 is 0 Å². The van der Waals surface area contributed by atoms with Gasteiger partial charge in [-0.05, 0) is 62.4 Å². The van der Waals surface area contributed by atoms with Crippen LogP contribution < -0.4 is 25.4 Å². The van der Waals surface area contributed by atoms with E-state index < -0.39 is 54.0 Å². The molecule has 20 heteroatoms. The molecule has 2 aliphatic heterocycles. The Bertz CT molecular complexity index is 3050. The molecular weight excluding hydrogens is 970 g/mol. The molecule has 3 aliphatic rings. The van der Waals surface area contributed by atoms with Gasteiger partial charge in [-0.3, -0.25) is 28.7 Å². The Kier molecular flexibility index (Phi) is 14.6. The van der Waals surface area contributed by atoms with Crippen LogP contribution in [0.2, 0.25) is 5.02 Å². The van der Waals surface area contributed by atoms with Gasteiger partial charge in [0.1, 0.15) is 46.6 Å². The third-order valence-electron chi connectivity index (χ3n) is 13.7. The first-order valence-corrected chi connectivity index (χ1v) is 25.6. The zero-order chi connectivity index (χ0) is 51.9. The molecule has 2 fully saturated rings. The van der Waals surface area contributed by atoms with E-state index in [0.29, 0.717) is 35.3 Å². The van der Waals surface area contributed by atoms with Crippen LogP contribution in [0.5, 0.6) is 11.6 Å². The Morgan fingerprint density at radius 1 is 0.918 bits per heavy atom. The number of thiophene rings is 1. The molecule has 0 bridgehead atoms. The van der Waals surface area contributed by atoms with Crippen LogP contribution in [0.3, 0.4) is 0 Å². The zero-order valence-electron chi connectivity index (χ0n) is 42.1. The van der Waals surface area contributed by atoms with E-state index in [1.807, 2.05) is 106 Å². The zero-order valence-corrected chi connectivity index (χ0v) is 43.6. The minimum Gasteiger partial charge on any atom is -0.482 e. The van der Waals surface area contributed by atoms with Crippen molar-refractivity contribution in [3.05, 3.63) is 123 Å². The molecule has 4 aromatic heterocycles. The average molecular weight is 1030 g/mol. The summed E-state index contributed by atoms with van der Waals surface area (Å²) in [5.74, 6) is 1.23. The van der Waals surface area contributed by atoms with Crippen molar-refractivity contribution in [2.75, 3.05) is 13.2 Å². The van der Waals surface area contributed by atoms with Gasteiger partial charge in [-0.15, -0.1) is 21.5 Å². The number of likely N-dealkylation sites (tertiary alicyclic amines) is 1. The van der Waals surface area contributed by atoms with E-state index in [1.54, 1.807) is 29.7 Å². The molecule has 18 nitrogen and oxygen atoms in total. The van der Waals surface area contributed by atoms with Gasteiger partial charge in [-0.1, -0.05) is 68.8 Å². The molecule has 6 aromatic rings. The number of ether oxygens (including phenoxy) is 2. The summed E-state index contributed by atoms with van der Waals surface area (Å²) in [7, 11) is 1.92. The monoisotopic (exact) mass is 1030 g/mol. The van der Waals surface area contributed by atoms with Gasteiger partial charge in [0.15, 0.2) is 12.4 Å². The van der Waals surface area contributed by atoms with Gasteiger partial charge in [0.05, 0.1) is 30.5 Å². The van der Waals surface area contributed by atoms with Gasteiger partial charge < -0.3 is 40.0 Å². The third kappa shape index (κ3) is 11.0. The molecule has 9 rings (SSSR count). The number of pyridine rings is 1. The van der Waals surface area contributed by atoms with Crippen molar-refractivity contribution < 1.29 is 33.8 Å². The Hall–Kier alpha value is -6.96.